The molecule has 0 amide bonds. The fourth-order valence-corrected chi connectivity index (χ4v) is 3.67. The number of likely N-dealkylation sites (tertiary alicyclic amines) is 1. The average Bonchev–Trinajstić information content (AvgIpc) is 3.04. The second-order valence-corrected chi connectivity index (χ2v) is 6.39. The lowest BCUT2D eigenvalue weighted by molar-refractivity contribution is 0.271. The number of benzene rings is 1. The van der Waals surface area contributed by atoms with Crippen molar-refractivity contribution in [2.24, 2.45) is 0 Å². The first-order valence-corrected chi connectivity index (χ1v) is 8.59. The Hall–Kier alpha value is -1.06. The van der Waals surface area contributed by atoms with Gasteiger partial charge in [-0.15, -0.1) is 0 Å². The molecule has 2 saturated heterocycles. The summed E-state index contributed by atoms with van der Waals surface area (Å²) in [5.41, 5.74) is 2.93. The zero-order valence-corrected chi connectivity index (χ0v) is 13.6. The monoisotopic (exact) mass is 287 g/mol. The molecular weight excluding hydrogens is 258 g/mol. The summed E-state index contributed by atoms with van der Waals surface area (Å²) < 4.78 is 0. The highest BCUT2D eigenvalue weighted by molar-refractivity contribution is 5.48. The van der Waals surface area contributed by atoms with Crippen LogP contribution in [0.4, 0.5) is 5.69 Å². The van der Waals surface area contributed by atoms with Gasteiger partial charge in [0.1, 0.15) is 0 Å². The number of likely N-dealkylation sites (N-methyl/N-ethyl adjacent to an activating group) is 2. The number of anilines is 1. The van der Waals surface area contributed by atoms with Gasteiger partial charge >= 0.3 is 0 Å². The van der Waals surface area contributed by atoms with Crippen molar-refractivity contribution in [3.8, 4) is 0 Å². The Kier molecular flexibility index (Phi) is 4.81. The van der Waals surface area contributed by atoms with Crippen LogP contribution in [0.25, 0.3) is 0 Å². The first kappa shape index (κ1) is 14.9. The number of rotatable bonds is 4. The highest BCUT2D eigenvalue weighted by atomic mass is 15.3. The summed E-state index contributed by atoms with van der Waals surface area (Å²) in [6.45, 7) is 14.1. The second-order valence-electron chi connectivity index (χ2n) is 6.39. The van der Waals surface area contributed by atoms with Crippen molar-refractivity contribution >= 4 is 5.69 Å². The Morgan fingerprint density at radius 3 is 2.10 bits per heavy atom. The molecule has 3 rings (SSSR count). The van der Waals surface area contributed by atoms with Crippen LogP contribution in [-0.4, -0.2) is 62.2 Å². The lowest BCUT2D eigenvalue weighted by Gasteiger charge is -2.35. The summed E-state index contributed by atoms with van der Waals surface area (Å²) in [5.74, 6) is 0.746. The quantitative estimate of drug-likeness (QED) is 0.843. The van der Waals surface area contributed by atoms with Crippen molar-refractivity contribution in [3.63, 3.8) is 0 Å². The lowest BCUT2D eigenvalue weighted by Crippen LogP contribution is -2.46. The Morgan fingerprint density at radius 2 is 1.52 bits per heavy atom. The van der Waals surface area contributed by atoms with Gasteiger partial charge in [-0.3, -0.25) is 0 Å². The standard InChI is InChI=1S/C18H29N3/c1-3-19-11-13-21(14-12-19)18-7-5-16(6-8-18)17-9-10-20(4-2)15-17/h5-8,17H,3-4,9-15H2,1-2H3. The smallest absolute Gasteiger partial charge is 0.0367 e. The van der Waals surface area contributed by atoms with E-state index in [9.17, 15) is 0 Å². The summed E-state index contributed by atoms with van der Waals surface area (Å²) in [4.78, 5) is 7.62. The topological polar surface area (TPSA) is 9.72 Å². The van der Waals surface area contributed by atoms with Gasteiger partial charge < -0.3 is 14.7 Å². The molecule has 116 valence electrons. The Morgan fingerprint density at radius 1 is 0.857 bits per heavy atom. The number of hydrogen-bond acceptors (Lipinski definition) is 3. The molecule has 3 nitrogen and oxygen atoms in total. The molecular formula is C18H29N3. The molecule has 0 bridgehead atoms. The van der Waals surface area contributed by atoms with E-state index in [1.807, 2.05) is 0 Å². The maximum atomic E-state index is 2.56. The fourth-order valence-electron chi connectivity index (χ4n) is 3.67. The van der Waals surface area contributed by atoms with Crippen LogP contribution in [0.15, 0.2) is 24.3 Å². The van der Waals surface area contributed by atoms with Gasteiger partial charge in [-0.1, -0.05) is 26.0 Å². The zero-order chi connectivity index (χ0) is 14.7. The molecule has 2 aliphatic rings. The number of piperazine rings is 1. The van der Waals surface area contributed by atoms with Gasteiger partial charge in [-0.05, 0) is 49.7 Å². The second kappa shape index (κ2) is 6.80. The summed E-state index contributed by atoms with van der Waals surface area (Å²) in [6, 6.07) is 9.41. The molecule has 0 N–H and O–H groups in total. The van der Waals surface area contributed by atoms with E-state index < -0.39 is 0 Å². The first-order valence-electron chi connectivity index (χ1n) is 8.59. The van der Waals surface area contributed by atoms with E-state index in [0.717, 1.165) is 5.92 Å². The maximum absolute atomic E-state index is 2.56. The molecule has 0 aromatic heterocycles. The molecule has 1 unspecified atom stereocenters. The van der Waals surface area contributed by atoms with Gasteiger partial charge in [-0.25, -0.2) is 0 Å². The van der Waals surface area contributed by atoms with E-state index in [4.69, 9.17) is 0 Å². The molecule has 0 saturated carbocycles. The third-order valence-corrected chi connectivity index (χ3v) is 5.27. The van der Waals surface area contributed by atoms with E-state index in [2.05, 4.69) is 52.8 Å². The summed E-state index contributed by atoms with van der Waals surface area (Å²) in [7, 11) is 0. The third kappa shape index (κ3) is 3.41. The van der Waals surface area contributed by atoms with Gasteiger partial charge in [0, 0.05) is 38.4 Å². The molecule has 2 aliphatic heterocycles. The zero-order valence-electron chi connectivity index (χ0n) is 13.6. The van der Waals surface area contributed by atoms with Crippen LogP contribution in [0.3, 0.4) is 0 Å². The highest BCUT2D eigenvalue weighted by Gasteiger charge is 2.23. The highest BCUT2D eigenvalue weighted by Crippen LogP contribution is 2.28. The molecule has 0 aliphatic carbocycles. The minimum absolute atomic E-state index is 0.746. The first-order chi connectivity index (χ1) is 10.3. The van der Waals surface area contributed by atoms with Crippen LogP contribution >= 0.6 is 0 Å². The average molecular weight is 287 g/mol. The third-order valence-electron chi connectivity index (χ3n) is 5.27. The van der Waals surface area contributed by atoms with Gasteiger partial charge in [-0.2, -0.15) is 0 Å². The minimum Gasteiger partial charge on any atom is -0.369 e. The molecule has 2 heterocycles. The van der Waals surface area contributed by atoms with Gasteiger partial charge in [0.05, 0.1) is 0 Å². The van der Waals surface area contributed by atoms with Crippen LogP contribution in [-0.2, 0) is 0 Å². The molecule has 0 radical (unpaired) electrons. The summed E-state index contributed by atoms with van der Waals surface area (Å²) in [5, 5.41) is 0. The summed E-state index contributed by atoms with van der Waals surface area (Å²) in [6.07, 6.45) is 1.32. The minimum atomic E-state index is 0.746. The molecule has 1 aromatic carbocycles. The number of hydrogen-bond donors (Lipinski definition) is 0. The Balaban J connectivity index is 1.60. The fraction of sp³-hybridized carbons (Fsp3) is 0.667. The van der Waals surface area contributed by atoms with Crippen molar-refractivity contribution in [2.75, 3.05) is 57.3 Å². The van der Waals surface area contributed by atoms with E-state index in [1.54, 1.807) is 0 Å². The van der Waals surface area contributed by atoms with E-state index in [1.165, 1.54) is 70.0 Å². The van der Waals surface area contributed by atoms with Crippen molar-refractivity contribution in [2.45, 2.75) is 26.2 Å². The molecule has 1 atom stereocenters. The van der Waals surface area contributed by atoms with E-state index in [-0.39, 0.29) is 0 Å². The van der Waals surface area contributed by atoms with Crippen LogP contribution in [0.1, 0.15) is 31.7 Å². The van der Waals surface area contributed by atoms with Crippen LogP contribution < -0.4 is 4.90 Å². The lowest BCUT2D eigenvalue weighted by atomic mass is 9.98. The molecule has 3 heteroatoms. The van der Waals surface area contributed by atoms with Gasteiger partial charge in [0.2, 0.25) is 0 Å². The van der Waals surface area contributed by atoms with Crippen LogP contribution in [0.2, 0.25) is 0 Å². The SMILES string of the molecule is CCN1CCN(c2ccc(C3CCN(CC)C3)cc2)CC1. The Labute approximate surface area is 129 Å². The predicted molar refractivity (Wildman–Crippen MR) is 90.2 cm³/mol. The van der Waals surface area contributed by atoms with Crippen LogP contribution in [0.5, 0.6) is 0 Å². The van der Waals surface area contributed by atoms with Gasteiger partial charge in [0.25, 0.3) is 0 Å². The predicted octanol–water partition coefficient (Wildman–Crippen LogP) is 2.64. The molecule has 1 aromatic rings. The van der Waals surface area contributed by atoms with Crippen LogP contribution in [0, 0.1) is 0 Å². The van der Waals surface area contributed by atoms with Crippen molar-refractivity contribution < 1.29 is 0 Å². The van der Waals surface area contributed by atoms with E-state index in [0.29, 0.717) is 0 Å². The van der Waals surface area contributed by atoms with Crippen molar-refractivity contribution in [1.29, 1.82) is 0 Å². The normalized spacial score (nSPS) is 24.7. The van der Waals surface area contributed by atoms with E-state index >= 15 is 0 Å². The molecule has 21 heavy (non-hydrogen) atoms. The molecule has 2 fully saturated rings. The van der Waals surface area contributed by atoms with Crippen molar-refractivity contribution in [3.05, 3.63) is 29.8 Å². The maximum Gasteiger partial charge on any atom is 0.0367 e. The van der Waals surface area contributed by atoms with Crippen molar-refractivity contribution in [1.82, 2.24) is 9.80 Å². The summed E-state index contributed by atoms with van der Waals surface area (Å²) >= 11 is 0. The Bertz CT molecular complexity index is 434. The molecule has 0 spiro atoms. The van der Waals surface area contributed by atoms with Gasteiger partial charge in [0.15, 0.2) is 0 Å². The number of nitrogens with zero attached hydrogens (tertiary/aromatic N) is 3. The largest absolute Gasteiger partial charge is 0.369 e.